The lowest BCUT2D eigenvalue weighted by Crippen LogP contribution is -2.66. The van der Waals surface area contributed by atoms with Gasteiger partial charge in [-0.2, -0.15) is 0 Å². The Morgan fingerprint density at radius 2 is 1.71 bits per heavy atom. The number of carbonyl (C=O) groups excluding carboxylic acids is 3. The Morgan fingerprint density at radius 1 is 1.19 bits per heavy atom. The van der Waals surface area contributed by atoms with Gasteiger partial charge in [0.1, 0.15) is 11.3 Å². The first-order chi connectivity index (χ1) is 9.73. The molecular formula is C12H13N3O6. The summed E-state index contributed by atoms with van der Waals surface area (Å²) in [7, 11) is 0. The maximum atomic E-state index is 12.3. The van der Waals surface area contributed by atoms with Crippen molar-refractivity contribution in [2.75, 3.05) is 0 Å². The number of amides is 4. The van der Waals surface area contributed by atoms with E-state index in [2.05, 4.69) is 0 Å². The van der Waals surface area contributed by atoms with Gasteiger partial charge in [-0.25, -0.2) is 4.79 Å². The van der Waals surface area contributed by atoms with E-state index < -0.39 is 40.3 Å². The Bertz CT molecular complexity index is 700. The van der Waals surface area contributed by atoms with Crippen molar-refractivity contribution in [2.24, 2.45) is 0 Å². The van der Waals surface area contributed by atoms with Crippen LogP contribution in [0.4, 0.5) is 4.79 Å². The molecule has 1 aromatic rings. The average molecular weight is 295 g/mol. The third-order valence-electron chi connectivity index (χ3n) is 3.28. The lowest BCUT2D eigenvalue weighted by Gasteiger charge is -2.29. The van der Waals surface area contributed by atoms with E-state index in [0.717, 1.165) is 6.07 Å². The minimum atomic E-state index is -2.97. The number of aromatic nitrogens is 1. The van der Waals surface area contributed by atoms with Crippen LogP contribution in [0.1, 0.15) is 18.2 Å². The molecule has 0 aromatic carbocycles. The average Bonchev–Trinajstić information content (AvgIpc) is 2.36. The van der Waals surface area contributed by atoms with Gasteiger partial charge in [0.15, 0.2) is 0 Å². The maximum Gasteiger partial charge on any atom is 0.328 e. The molecule has 0 bridgehead atoms. The number of aliphatic hydroxyl groups is 1. The van der Waals surface area contributed by atoms with E-state index in [4.69, 9.17) is 0 Å². The summed E-state index contributed by atoms with van der Waals surface area (Å²) in [5.74, 6) is -3.49. The van der Waals surface area contributed by atoms with E-state index in [0.29, 0.717) is 5.69 Å². The number of nitrogens with one attached hydrogen (secondary N) is 2. The minimum Gasteiger partial charge on any atom is -0.507 e. The zero-order chi connectivity index (χ0) is 15.9. The third-order valence-corrected chi connectivity index (χ3v) is 3.28. The lowest BCUT2D eigenvalue weighted by atomic mass is 9.90. The van der Waals surface area contributed by atoms with E-state index >= 15 is 0 Å². The standard InChI is InChI=1S/C12H13N3O6/c1-3-15-5(2)4-6(16)7(8(15)17)12(21)9(18)13-11(20)14-10(12)19/h4,16,21H,3H2,1-2H3,(H2,13,14,18,19,20). The van der Waals surface area contributed by atoms with Crippen molar-refractivity contribution in [2.45, 2.75) is 26.0 Å². The lowest BCUT2D eigenvalue weighted by molar-refractivity contribution is -0.156. The van der Waals surface area contributed by atoms with E-state index in [1.165, 1.54) is 4.57 Å². The number of carbonyl (C=O) groups is 3. The van der Waals surface area contributed by atoms with Crippen LogP contribution in [0.2, 0.25) is 0 Å². The molecule has 2 heterocycles. The first kappa shape index (κ1) is 14.7. The first-order valence-corrected chi connectivity index (χ1v) is 6.06. The summed E-state index contributed by atoms with van der Waals surface area (Å²) >= 11 is 0. The number of hydrogen-bond donors (Lipinski definition) is 4. The van der Waals surface area contributed by atoms with Crippen molar-refractivity contribution in [3.05, 3.63) is 27.7 Å². The van der Waals surface area contributed by atoms with Gasteiger partial charge in [0.2, 0.25) is 0 Å². The van der Waals surface area contributed by atoms with Crippen molar-refractivity contribution in [3.8, 4) is 5.75 Å². The Balaban J connectivity index is 2.77. The summed E-state index contributed by atoms with van der Waals surface area (Å²) < 4.78 is 1.17. The molecule has 1 fully saturated rings. The molecule has 0 spiro atoms. The van der Waals surface area contributed by atoms with Crippen LogP contribution in [0, 0.1) is 6.92 Å². The molecule has 0 unspecified atom stereocenters. The van der Waals surface area contributed by atoms with Crippen LogP contribution >= 0.6 is 0 Å². The Morgan fingerprint density at radius 3 is 2.19 bits per heavy atom. The molecule has 21 heavy (non-hydrogen) atoms. The number of imide groups is 2. The third kappa shape index (κ3) is 1.98. The molecular weight excluding hydrogens is 282 g/mol. The second kappa shape index (κ2) is 4.70. The highest BCUT2D eigenvalue weighted by Gasteiger charge is 2.54. The molecule has 0 saturated carbocycles. The fraction of sp³-hybridized carbons (Fsp3) is 0.333. The topological polar surface area (TPSA) is 138 Å². The van der Waals surface area contributed by atoms with Gasteiger partial charge in [0, 0.05) is 12.2 Å². The number of nitrogens with zero attached hydrogens (tertiary/aromatic N) is 1. The van der Waals surface area contributed by atoms with Crippen LogP contribution < -0.4 is 16.2 Å². The maximum absolute atomic E-state index is 12.3. The van der Waals surface area contributed by atoms with Crippen LogP contribution in [-0.4, -0.2) is 32.6 Å². The van der Waals surface area contributed by atoms with Gasteiger partial charge in [-0.1, -0.05) is 0 Å². The first-order valence-electron chi connectivity index (χ1n) is 6.06. The number of aryl methyl sites for hydroxylation is 1. The largest absolute Gasteiger partial charge is 0.507 e. The number of barbiturate groups is 1. The SMILES string of the molecule is CCn1c(C)cc(O)c(C2(O)C(=O)NC(=O)NC2=O)c1=O. The smallest absolute Gasteiger partial charge is 0.328 e. The van der Waals surface area contributed by atoms with Crippen molar-refractivity contribution in [1.29, 1.82) is 0 Å². The second-order valence-corrected chi connectivity index (χ2v) is 4.54. The molecule has 1 aliphatic heterocycles. The Labute approximate surface area is 118 Å². The van der Waals surface area contributed by atoms with Crippen LogP contribution in [0.15, 0.2) is 10.9 Å². The number of pyridine rings is 1. The van der Waals surface area contributed by atoms with Gasteiger partial charge in [0.25, 0.3) is 23.0 Å². The molecule has 0 atom stereocenters. The molecule has 1 aromatic heterocycles. The fourth-order valence-electron chi connectivity index (χ4n) is 2.23. The zero-order valence-corrected chi connectivity index (χ0v) is 11.3. The predicted octanol–water partition coefficient (Wildman–Crippen LogP) is -1.56. The predicted molar refractivity (Wildman–Crippen MR) is 68.4 cm³/mol. The van der Waals surface area contributed by atoms with Crippen LogP contribution in [0.3, 0.4) is 0 Å². The Kier molecular flexibility index (Phi) is 3.30. The highest BCUT2D eigenvalue weighted by molar-refractivity contribution is 6.21. The van der Waals surface area contributed by atoms with Crippen molar-refractivity contribution in [1.82, 2.24) is 15.2 Å². The van der Waals surface area contributed by atoms with Gasteiger partial charge < -0.3 is 14.8 Å². The highest BCUT2D eigenvalue weighted by Crippen LogP contribution is 2.29. The van der Waals surface area contributed by atoms with E-state index in [9.17, 15) is 29.4 Å². The minimum absolute atomic E-state index is 0.205. The second-order valence-electron chi connectivity index (χ2n) is 4.54. The summed E-state index contributed by atoms with van der Waals surface area (Å²) in [6, 6.07) is 0.0342. The van der Waals surface area contributed by atoms with Crippen molar-refractivity contribution >= 4 is 17.8 Å². The molecule has 1 saturated heterocycles. The molecule has 1 aliphatic rings. The molecule has 0 aliphatic carbocycles. The van der Waals surface area contributed by atoms with Gasteiger partial charge in [-0.15, -0.1) is 0 Å². The van der Waals surface area contributed by atoms with E-state index in [-0.39, 0.29) is 6.54 Å². The Hall–Kier alpha value is -2.68. The number of hydrogen-bond acceptors (Lipinski definition) is 6. The van der Waals surface area contributed by atoms with Gasteiger partial charge in [-0.3, -0.25) is 25.0 Å². The highest BCUT2D eigenvalue weighted by atomic mass is 16.3. The summed E-state index contributed by atoms with van der Waals surface area (Å²) in [4.78, 5) is 47.0. The molecule has 9 nitrogen and oxygen atoms in total. The molecule has 9 heteroatoms. The van der Waals surface area contributed by atoms with Crippen molar-refractivity contribution in [3.63, 3.8) is 0 Å². The number of urea groups is 1. The summed E-state index contributed by atoms with van der Waals surface area (Å²) in [5, 5.41) is 23.6. The monoisotopic (exact) mass is 295 g/mol. The summed E-state index contributed by atoms with van der Waals surface area (Å²) in [5.41, 5.74) is -4.27. The fourth-order valence-corrected chi connectivity index (χ4v) is 2.23. The normalized spacial score (nSPS) is 17.4. The zero-order valence-electron chi connectivity index (χ0n) is 11.3. The van der Waals surface area contributed by atoms with Crippen LogP contribution in [-0.2, 0) is 21.7 Å². The van der Waals surface area contributed by atoms with Gasteiger partial charge in [0.05, 0.1) is 0 Å². The summed E-state index contributed by atoms with van der Waals surface area (Å²) in [6.07, 6.45) is 0. The molecule has 0 radical (unpaired) electrons. The van der Waals surface area contributed by atoms with Crippen molar-refractivity contribution < 1.29 is 24.6 Å². The molecule has 4 amide bonds. The van der Waals surface area contributed by atoms with Gasteiger partial charge >= 0.3 is 6.03 Å². The van der Waals surface area contributed by atoms with Gasteiger partial charge in [-0.05, 0) is 19.9 Å². The van der Waals surface area contributed by atoms with Crippen LogP contribution in [0.5, 0.6) is 5.75 Å². The molecule has 4 N–H and O–H groups in total. The van der Waals surface area contributed by atoms with Crippen LogP contribution in [0.25, 0.3) is 0 Å². The molecule has 2 rings (SSSR count). The summed E-state index contributed by atoms with van der Waals surface area (Å²) in [6.45, 7) is 3.39. The number of rotatable bonds is 2. The molecule has 112 valence electrons. The van der Waals surface area contributed by atoms with E-state index in [1.54, 1.807) is 24.5 Å². The van der Waals surface area contributed by atoms with E-state index in [1.807, 2.05) is 0 Å². The quantitative estimate of drug-likeness (QED) is 0.487. The number of aromatic hydroxyl groups is 1.